The molecule has 7 heteroatoms. The van der Waals surface area contributed by atoms with Crippen LogP contribution in [0.5, 0.6) is 0 Å². The van der Waals surface area contributed by atoms with Crippen LogP contribution in [0.4, 0.5) is 17.6 Å². The molecule has 1 heterocycles. The van der Waals surface area contributed by atoms with Crippen molar-refractivity contribution < 1.29 is 17.6 Å². The van der Waals surface area contributed by atoms with Crippen molar-refractivity contribution in [1.82, 2.24) is 9.55 Å². The summed E-state index contributed by atoms with van der Waals surface area (Å²) in [7, 11) is 0. The van der Waals surface area contributed by atoms with Crippen LogP contribution in [-0.2, 0) is 12.7 Å². The summed E-state index contributed by atoms with van der Waals surface area (Å²) in [6, 6.07) is 3.33. The minimum atomic E-state index is -4.58. The summed E-state index contributed by atoms with van der Waals surface area (Å²) >= 11 is 0. The lowest BCUT2D eigenvalue weighted by Crippen LogP contribution is -2.18. The molecule has 1 aromatic carbocycles. The first-order valence-corrected chi connectivity index (χ1v) is 4.86. The maximum Gasteiger partial charge on any atom is 0.449 e. The van der Waals surface area contributed by atoms with Crippen molar-refractivity contribution in [2.45, 2.75) is 12.7 Å². The highest BCUT2D eigenvalue weighted by Gasteiger charge is 2.37. The van der Waals surface area contributed by atoms with Crippen LogP contribution in [0.25, 0.3) is 11.0 Å². The number of aromatic nitrogens is 2. The van der Waals surface area contributed by atoms with Gasteiger partial charge in [-0.05, 0) is 12.1 Å². The number of nitrogens with two attached hydrogens (primary N) is 1. The van der Waals surface area contributed by atoms with Gasteiger partial charge in [-0.1, -0.05) is 0 Å². The maximum atomic E-state index is 12.9. The molecule has 0 unspecified atom stereocenters. The van der Waals surface area contributed by atoms with Crippen molar-refractivity contribution in [2.24, 2.45) is 5.73 Å². The van der Waals surface area contributed by atoms with E-state index in [-0.39, 0.29) is 24.1 Å². The van der Waals surface area contributed by atoms with Gasteiger partial charge in [0.05, 0.1) is 11.0 Å². The van der Waals surface area contributed by atoms with Gasteiger partial charge in [0, 0.05) is 19.2 Å². The third kappa shape index (κ3) is 2.10. The normalized spacial score (nSPS) is 12.3. The summed E-state index contributed by atoms with van der Waals surface area (Å²) in [6.07, 6.45) is -4.58. The van der Waals surface area contributed by atoms with Gasteiger partial charge in [-0.2, -0.15) is 13.2 Å². The number of imidazole rings is 1. The second kappa shape index (κ2) is 3.99. The zero-order valence-corrected chi connectivity index (χ0v) is 8.63. The Bertz CT molecular complexity index is 544. The molecule has 0 amide bonds. The lowest BCUT2D eigenvalue weighted by molar-refractivity contribution is -0.146. The third-order valence-corrected chi connectivity index (χ3v) is 2.32. The number of halogens is 4. The smallest absolute Gasteiger partial charge is 0.329 e. The van der Waals surface area contributed by atoms with Gasteiger partial charge in [0.1, 0.15) is 5.82 Å². The molecule has 0 aliphatic rings. The number of nitrogens with zero attached hydrogens (tertiary/aromatic N) is 2. The first kappa shape index (κ1) is 11.8. The van der Waals surface area contributed by atoms with Crippen molar-refractivity contribution >= 4 is 11.0 Å². The molecule has 0 bridgehead atoms. The van der Waals surface area contributed by atoms with Crippen molar-refractivity contribution in [3.8, 4) is 0 Å². The number of hydrogen-bond donors (Lipinski definition) is 1. The Morgan fingerprint density at radius 2 is 2.00 bits per heavy atom. The van der Waals surface area contributed by atoms with Gasteiger partial charge in [0.25, 0.3) is 0 Å². The number of benzene rings is 1. The Morgan fingerprint density at radius 3 is 2.59 bits per heavy atom. The Balaban J connectivity index is 2.70. The number of rotatable bonds is 2. The fourth-order valence-corrected chi connectivity index (χ4v) is 1.67. The minimum Gasteiger partial charge on any atom is -0.329 e. The van der Waals surface area contributed by atoms with Gasteiger partial charge >= 0.3 is 6.18 Å². The SMILES string of the molecule is NCCn1c(C(F)(F)F)nc2cc(F)ccc21. The molecule has 0 radical (unpaired) electrons. The first-order valence-electron chi connectivity index (χ1n) is 4.86. The molecule has 2 rings (SSSR count). The number of fused-ring (bicyclic) bond motifs is 1. The summed E-state index contributed by atoms with van der Waals surface area (Å²) in [5, 5.41) is 0. The third-order valence-electron chi connectivity index (χ3n) is 2.32. The largest absolute Gasteiger partial charge is 0.449 e. The van der Waals surface area contributed by atoms with Crippen LogP contribution in [0.1, 0.15) is 5.82 Å². The van der Waals surface area contributed by atoms with Crippen LogP contribution in [0.2, 0.25) is 0 Å². The standard InChI is InChI=1S/C10H9F4N3/c11-6-1-2-8-7(5-6)16-9(10(12,13)14)17(8)4-3-15/h1-2,5H,3-4,15H2. The van der Waals surface area contributed by atoms with Crippen LogP contribution < -0.4 is 5.73 Å². The van der Waals surface area contributed by atoms with Gasteiger partial charge in [-0.3, -0.25) is 0 Å². The molecule has 0 spiro atoms. The molecule has 0 aliphatic heterocycles. The van der Waals surface area contributed by atoms with E-state index in [0.29, 0.717) is 0 Å². The average molecular weight is 247 g/mol. The Kier molecular flexibility index (Phi) is 2.78. The zero-order valence-electron chi connectivity index (χ0n) is 8.63. The van der Waals surface area contributed by atoms with E-state index in [4.69, 9.17) is 5.73 Å². The summed E-state index contributed by atoms with van der Waals surface area (Å²) in [5.74, 6) is -1.67. The summed E-state index contributed by atoms with van der Waals surface area (Å²) in [6.45, 7) is 0.0306. The molecule has 0 fully saturated rings. The van der Waals surface area contributed by atoms with E-state index < -0.39 is 17.8 Å². The molecule has 0 atom stereocenters. The molecule has 0 aliphatic carbocycles. The van der Waals surface area contributed by atoms with E-state index in [1.165, 1.54) is 6.07 Å². The fourth-order valence-electron chi connectivity index (χ4n) is 1.67. The molecule has 3 nitrogen and oxygen atoms in total. The molecule has 0 saturated carbocycles. The van der Waals surface area contributed by atoms with Crippen molar-refractivity contribution in [2.75, 3.05) is 6.54 Å². The van der Waals surface area contributed by atoms with E-state index in [9.17, 15) is 17.6 Å². The number of hydrogen-bond acceptors (Lipinski definition) is 2. The lowest BCUT2D eigenvalue weighted by atomic mass is 10.3. The summed E-state index contributed by atoms with van der Waals surface area (Å²) < 4.78 is 51.9. The quantitative estimate of drug-likeness (QED) is 0.826. The summed E-state index contributed by atoms with van der Waals surface area (Å²) in [4.78, 5) is 3.41. The van der Waals surface area contributed by atoms with Gasteiger partial charge in [-0.15, -0.1) is 0 Å². The van der Waals surface area contributed by atoms with Crippen molar-refractivity contribution in [3.63, 3.8) is 0 Å². The highest BCUT2D eigenvalue weighted by molar-refractivity contribution is 5.76. The Morgan fingerprint density at radius 1 is 1.29 bits per heavy atom. The van der Waals surface area contributed by atoms with Crippen LogP contribution >= 0.6 is 0 Å². The van der Waals surface area contributed by atoms with E-state index in [1.807, 2.05) is 0 Å². The molecular formula is C10H9F4N3. The average Bonchev–Trinajstić information content (AvgIpc) is 2.56. The number of alkyl halides is 3. The van der Waals surface area contributed by atoms with Gasteiger partial charge in [0.15, 0.2) is 0 Å². The van der Waals surface area contributed by atoms with E-state index in [0.717, 1.165) is 16.7 Å². The topological polar surface area (TPSA) is 43.8 Å². The monoisotopic (exact) mass is 247 g/mol. The second-order valence-corrected chi connectivity index (χ2v) is 3.51. The molecule has 92 valence electrons. The molecular weight excluding hydrogens is 238 g/mol. The summed E-state index contributed by atoms with van der Waals surface area (Å²) in [5.41, 5.74) is 5.47. The van der Waals surface area contributed by atoms with E-state index in [2.05, 4.69) is 4.98 Å². The predicted molar refractivity (Wildman–Crippen MR) is 53.7 cm³/mol. The highest BCUT2D eigenvalue weighted by Crippen LogP contribution is 2.31. The predicted octanol–water partition coefficient (Wildman–Crippen LogP) is 2.15. The fraction of sp³-hybridized carbons (Fsp3) is 0.300. The molecule has 17 heavy (non-hydrogen) atoms. The van der Waals surface area contributed by atoms with E-state index >= 15 is 0 Å². The van der Waals surface area contributed by atoms with Crippen LogP contribution in [-0.4, -0.2) is 16.1 Å². The second-order valence-electron chi connectivity index (χ2n) is 3.51. The van der Waals surface area contributed by atoms with Crippen molar-refractivity contribution in [3.05, 3.63) is 29.8 Å². The molecule has 1 aromatic heterocycles. The van der Waals surface area contributed by atoms with Gasteiger partial charge in [-0.25, -0.2) is 9.37 Å². The van der Waals surface area contributed by atoms with Crippen LogP contribution in [0.15, 0.2) is 18.2 Å². The maximum absolute atomic E-state index is 12.9. The van der Waals surface area contributed by atoms with Crippen molar-refractivity contribution in [1.29, 1.82) is 0 Å². The zero-order chi connectivity index (χ0) is 12.6. The van der Waals surface area contributed by atoms with Gasteiger partial charge < -0.3 is 10.3 Å². The molecule has 2 aromatic rings. The Hall–Kier alpha value is -1.63. The first-order chi connectivity index (χ1) is 7.93. The van der Waals surface area contributed by atoms with Crippen LogP contribution in [0, 0.1) is 5.82 Å². The highest BCUT2D eigenvalue weighted by atomic mass is 19.4. The minimum absolute atomic E-state index is 0.0169. The lowest BCUT2D eigenvalue weighted by Gasteiger charge is -2.09. The van der Waals surface area contributed by atoms with E-state index in [1.54, 1.807) is 0 Å². The Labute approximate surface area is 93.8 Å². The molecule has 0 saturated heterocycles. The van der Waals surface area contributed by atoms with Gasteiger partial charge in [0.2, 0.25) is 5.82 Å². The van der Waals surface area contributed by atoms with Crippen LogP contribution in [0.3, 0.4) is 0 Å². The molecule has 2 N–H and O–H groups in total.